The van der Waals surface area contributed by atoms with E-state index in [0.29, 0.717) is 11.1 Å². The molecule has 7 heterocycles. The minimum Gasteiger partial charge on any atom is -1.00 e. The lowest BCUT2D eigenvalue weighted by Crippen LogP contribution is -3.00. The normalized spacial score (nSPS) is 14.1. The number of fused-ring (bicyclic) bond motifs is 3. The van der Waals surface area contributed by atoms with Gasteiger partial charge in [-0.1, -0.05) is 169 Å². The molecule has 0 bridgehead atoms. The molecule has 0 radical (unpaired) electrons. The second-order valence-corrected chi connectivity index (χ2v) is 31.3. The molecule has 23 heteroatoms. The van der Waals surface area contributed by atoms with Gasteiger partial charge in [0, 0.05) is 101 Å². The van der Waals surface area contributed by atoms with Gasteiger partial charge in [-0.2, -0.15) is 0 Å². The number of Topliss-reactive ketones (excluding diaryl/α,β-unsaturated/α-hetero) is 2. The van der Waals surface area contributed by atoms with Crippen LogP contribution in [0.2, 0.25) is 0 Å². The molecule has 588 valence electrons. The van der Waals surface area contributed by atoms with Crippen LogP contribution in [-0.2, 0) is 42.6 Å². The first kappa shape index (κ1) is 91.6. The number of para-hydroxylation sites is 2. The van der Waals surface area contributed by atoms with Gasteiger partial charge < -0.3 is 54.2 Å². The molecule has 0 aliphatic carbocycles. The van der Waals surface area contributed by atoms with E-state index in [1.165, 1.54) is 128 Å². The van der Waals surface area contributed by atoms with E-state index in [2.05, 4.69) is 192 Å². The molecule has 14 rings (SSSR count). The number of anilines is 1. The summed E-state index contributed by atoms with van der Waals surface area (Å²) in [7, 11) is -11.5. The number of aryl methyl sites for hydroxylation is 2. The third-order valence-corrected chi connectivity index (χ3v) is 23.9. The Balaban J connectivity index is 0.000000227. The first-order chi connectivity index (χ1) is 53.1. The van der Waals surface area contributed by atoms with Gasteiger partial charge in [-0.25, -0.2) is 34.4 Å². The van der Waals surface area contributed by atoms with E-state index in [1.54, 1.807) is 60.9 Å². The van der Waals surface area contributed by atoms with Crippen molar-refractivity contribution in [1.29, 1.82) is 0 Å². The zero-order chi connectivity index (χ0) is 78.6. The molecule has 3 aliphatic rings. The van der Waals surface area contributed by atoms with Crippen LogP contribution in [0.15, 0.2) is 328 Å². The van der Waals surface area contributed by atoms with Crippen molar-refractivity contribution in [3.63, 3.8) is 0 Å². The number of hydrogen-bond donors (Lipinski definition) is 2. The largest absolute Gasteiger partial charge is 1.00 e. The fraction of sp³-hybridized carbons (Fsp3) is 0.189. The smallest absolute Gasteiger partial charge is 0.211 e. The monoisotopic (exact) mass is 1720 g/mol. The Morgan fingerprint density at radius 1 is 0.478 bits per heavy atom. The van der Waals surface area contributed by atoms with Crippen molar-refractivity contribution in [3.05, 3.63) is 358 Å². The maximum Gasteiger partial charge on any atom is 0.211 e. The Morgan fingerprint density at radius 2 is 0.876 bits per heavy atom. The lowest BCUT2D eigenvalue weighted by Gasteiger charge is -2.13. The average molecular weight is 1720 g/mol. The molecule has 17 nitrogen and oxygen atoms in total. The molecule has 113 heavy (non-hydrogen) atoms. The topological polar surface area (TPSA) is 221 Å². The van der Waals surface area contributed by atoms with E-state index in [0.717, 1.165) is 41.7 Å². The van der Waals surface area contributed by atoms with Crippen molar-refractivity contribution in [1.82, 2.24) is 19.8 Å². The summed E-state index contributed by atoms with van der Waals surface area (Å²) in [4.78, 5) is 40.5. The molecular weight excluding hydrogens is 1630 g/mol. The van der Waals surface area contributed by atoms with Gasteiger partial charge in [0.05, 0.1) is 20.4 Å². The summed E-state index contributed by atoms with van der Waals surface area (Å²) >= 11 is 0. The predicted octanol–water partition coefficient (Wildman–Crippen LogP) is 11.1. The van der Waals surface area contributed by atoms with Crippen molar-refractivity contribution in [2.24, 2.45) is 4.99 Å². The maximum absolute atomic E-state index is 13.1. The Labute approximate surface area is 693 Å². The minimum absolute atomic E-state index is 0. The first-order valence-electron chi connectivity index (χ1n) is 36.5. The standard InChI is InChI=1S/C26H26N2.C24H15NO6S2.C20H17N3.C8H6O3S.2C6H15N.2BrH.ClH/c1-21-7-3-5-9-25(21)19-27-15-11-23(12-16-27)24-13-17-28(18-14-24)20-26-10-6-4-8-22(26)2;26-23-17-5-1-3-7-19(17)32(28,29)21(23)13-16(15-9-11-25-12-10-15)14-22-24(27)18-6-2-4-8-20(18)33(22,30)31;1-3-7-19(8-4-1)22-15-18(17-11-13-21-14-12-17)16-23-20-9-5-2-6-10-20;9-7-5-12(10,11)8-4-2-1-3-6(7)8;2*1-4-7(5-2)6-3;;;/h3-18H,19-20H2,1-2H3;1-14,26H;1-16,22H;1-4H,5H2;2*4-6H2,1-3H3;3*1H/q+2;;;;;;;;/p-2. The molecular formula is C90H95Br2ClN8O9S3. The highest BCUT2D eigenvalue weighted by atomic mass is 79.9. The zero-order valence-electron chi connectivity index (χ0n) is 64.5. The highest BCUT2D eigenvalue weighted by Gasteiger charge is 2.40. The van der Waals surface area contributed by atoms with Gasteiger partial charge in [-0.3, -0.25) is 24.5 Å². The van der Waals surface area contributed by atoms with E-state index in [4.69, 9.17) is 0 Å². The number of halogens is 3. The number of aromatic nitrogens is 4. The van der Waals surface area contributed by atoms with Crippen LogP contribution in [0.1, 0.15) is 101 Å². The van der Waals surface area contributed by atoms with Crippen LogP contribution in [0.25, 0.3) is 28.0 Å². The second-order valence-electron chi connectivity index (χ2n) is 25.6. The zero-order valence-corrected chi connectivity index (χ0v) is 70.9. The molecule has 2 N–H and O–H groups in total. The molecule has 0 spiro atoms. The van der Waals surface area contributed by atoms with Gasteiger partial charge in [0.2, 0.25) is 25.5 Å². The van der Waals surface area contributed by atoms with Crippen LogP contribution >= 0.6 is 12.4 Å². The first-order valence-corrected chi connectivity index (χ1v) is 41.1. The van der Waals surface area contributed by atoms with Gasteiger partial charge >= 0.3 is 0 Å². The molecule has 0 amide bonds. The van der Waals surface area contributed by atoms with Crippen LogP contribution in [-0.4, -0.2) is 113 Å². The molecule has 3 aliphatic heterocycles. The third-order valence-electron chi connectivity index (χ3n) is 18.6. The number of aliphatic hydroxyl groups excluding tert-OH is 1. The summed E-state index contributed by atoms with van der Waals surface area (Å²) in [6.45, 7) is 26.4. The quantitative estimate of drug-likeness (QED) is 0.0437. The minimum atomic E-state index is -4.10. The summed E-state index contributed by atoms with van der Waals surface area (Å²) in [5, 5.41) is 14.0. The van der Waals surface area contributed by atoms with Crippen LogP contribution in [0, 0.1) is 13.8 Å². The Hall–Kier alpha value is -10.3. The van der Waals surface area contributed by atoms with Crippen molar-refractivity contribution in [3.8, 4) is 11.1 Å². The van der Waals surface area contributed by atoms with Crippen LogP contribution in [0.4, 0.5) is 11.4 Å². The number of carbonyl (C=O) groups is 2. The van der Waals surface area contributed by atoms with E-state index in [9.17, 15) is 39.9 Å². The highest BCUT2D eigenvalue weighted by Crippen LogP contribution is 2.41. The number of sulfone groups is 3. The van der Waals surface area contributed by atoms with Crippen molar-refractivity contribution in [2.75, 3.05) is 50.3 Å². The van der Waals surface area contributed by atoms with E-state index >= 15 is 0 Å². The number of aliphatic imine (C=N–C) groups is 1. The van der Waals surface area contributed by atoms with E-state index in [1.807, 2.05) is 85.2 Å². The number of benzene rings is 7. The summed E-state index contributed by atoms with van der Waals surface area (Å²) in [6.07, 6.45) is 21.3. The number of pyridine rings is 4. The summed E-state index contributed by atoms with van der Waals surface area (Å²) in [5.41, 5.74) is 12.9. The van der Waals surface area contributed by atoms with E-state index in [-0.39, 0.29) is 94.2 Å². The van der Waals surface area contributed by atoms with Crippen LogP contribution in [0.3, 0.4) is 0 Å². The van der Waals surface area contributed by atoms with Gasteiger partial charge in [-0.15, -0.1) is 12.4 Å². The third kappa shape index (κ3) is 24.9. The summed E-state index contributed by atoms with van der Waals surface area (Å²) < 4.78 is 79.2. The Morgan fingerprint density at radius 3 is 1.31 bits per heavy atom. The predicted molar refractivity (Wildman–Crippen MR) is 448 cm³/mol. The Bertz CT molecular complexity index is 5350. The molecule has 0 saturated heterocycles. The van der Waals surface area contributed by atoms with Crippen molar-refractivity contribution in [2.45, 2.75) is 83.2 Å². The fourth-order valence-electron chi connectivity index (χ4n) is 12.1. The number of rotatable bonds is 19. The summed E-state index contributed by atoms with van der Waals surface area (Å²) in [5.74, 6) is -1.79. The molecule has 0 unspecified atom stereocenters. The number of allylic oxidation sites excluding steroid dienone is 5. The fourth-order valence-corrected chi connectivity index (χ4v) is 16.7. The van der Waals surface area contributed by atoms with Gasteiger partial charge in [0.15, 0.2) is 53.5 Å². The molecule has 4 aromatic heterocycles. The number of nitrogens with one attached hydrogen (secondary N) is 1. The van der Waals surface area contributed by atoms with Gasteiger partial charge in [0.1, 0.15) is 21.3 Å². The lowest BCUT2D eigenvalue weighted by atomic mass is 10.0. The van der Waals surface area contributed by atoms with Crippen molar-refractivity contribution >= 4 is 88.0 Å². The van der Waals surface area contributed by atoms with Gasteiger partial charge in [-0.05, 0) is 183 Å². The van der Waals surface area contributed by atoms with Crippen molar-refractivity contribution < 1.29 is 83.0 Å². The van der Waals surface area contributed by atoms with Crippen LogP contribution in [0.5, 0.6) is 0 Å². The van der Waals surface area contributed by atoms with Crippen LogP contribution < -0.4 is 48.4 Å². The molecule has 0 fully saturated rings. The van der Waals surface area contributed by atoms with E-state index < -0.39 is 46.0 Å². The molecule has 7 aromatic carbocycles. The average Bonchev–Trinajstić information content (AvgIpc) is 1.49. The van der Waals surface area contributed by atoms with Gasteiger partial charge in [0.25, 0.3) is 0 Å². The molecule has 0 saturated carbocycles. The maximum atomic E-state index is 13.1. The SMILES string of the molecule is C(=Nc1ccccc1)C(=CNc1ccccc1)c1ccncc1.CCN(CC)CC.CCN(CC)CC.Cc1ccccc1C[n+]1ccc(-c2cc[n+](Cc3ccccc3C)cc2)cc1.Cl.O=C1C(=CC(=CC2=C(O)c3ccccc3S2(=O)=O)c2ccncc2)S(=O)(=O)c2ccccc21.O=C1CS(=O)(=O)c2ccccc21.[Br-].[Br-]. The number of nitrogens with zero attached hydrogens (tertiary/aromatic N) is 7. The Kier molecular flexibility index (Phi) is 36.3. The summed E-state index contributed by atoms with van der Waals surface area (Å²) in [6, 6.07) is 71.0. The lowest BCUT2D eigenvalue weighted by molar-refractivity contribution is -0.688. The molecule has 0 atom stereocenters. The molecule has 11 aromatic rings. The second kappa shape index (κ2) is 44.8. The number of aliphatic hydroxyl groups is 1. The number of hydrogen-bond acceptors (Lipinski definition) is 15. The number of ketones is 2. The number of carbonyl (C=O) groups excluding carboxylic acids is 2. The highest BCUT2D eigenvalue weighted by molar-refractivity contribution is 7.97.